The molecule has 2 N–H and O–H groups in total. The molecule has 2 fully saturated rings. The molecule has 3 rings (SSSR count). The SMILES string of the molecule is NC(c1cc(F)ccc1Br)C1CCOC2(CCCC2)C1. The van der Waals surface area contributed by atoms with Crippen LogP contribution in [0.25, 0.3) is 0 Å². The smallest absolute Gasteiger partial charge is 0.123 e. The average molecular weight is 342 g/mol. The predicted molar refractivity (Wildman–Crippen MR) is 80.9 cm³/mol. The van der Waals surface area contributed by atoms with Gasteiger partial charge in [0.05, 0.1) is 5.60 Å². The third-order valence-electron chi connectivity index (χ3n) is 4.87. The number of hydrogen-bond acceptors (Lipinski definition) is 2. The Balaban J connectivity index is 1.79. The highest BCUT2D eigenvalue weighted by atomic mass is 79.9. The Labute approximate surface area is 128 Å². The lowest BCUT2D eigenvalue weighted by molar-refractivity contribution is -0.0964. The lowest BCUT2D eigenvalue weighted by Gasteiger charge is -2.40. The molecule has 4 heteroatoms. The summed E-state index contributed by atoms with van der Waals surface area (Å²) in [5.74, 6) is 0.154. The first kappa shape index (κ1) is 14.5. The molecule has 2 aliphatic rings. The van der Waals surface area contributed by atoms with Gasteiger partial charge in [-0.1, -0.05) is 28.8 Å². The van der Waals surface area contributed by atoms with E-state index in [1.165, 1.54) is 18.9 Å². The Bertz CT molecular complexity index is 487. The van der Waals surface area contributed by atoms with E-state index in [9.17, 15) is 4.39 Å². The van der Waals surface area contributed by atoms with Crippen molar-refractivity contribution in [3.05, 3.63) is 34.1 Å². The van der Waals surface area contributed by atoms with Crippen molar-refractivity contribution in [1.82, 2.24) is 0 Å². The van der Waals surface area contributed by atoms with E-state index in [-0.39, 0.29) is 17.5 Å². The van der Waals surface area contributed by atoms with Gasteiger partial charge in [0.2, 0.25) is 0 Å². The third-order valence-corrected chi connectivity index (χ3v) is 5.59. The zero-order valence-corrected chi connectivity index (χ0v) is 13.2. The van der Waals surface area contributed by atoms with Gasteiger partial charge >= 0.3 is 0 Å². The maximum absolute atomic E-state index is 13.5. The molecule has 2 atom stereocenters. The molecular weight excluding hydrogens is 321 g/mol. The van der Waals surface area contributed by atoms with Gasteiger partial charge in [0.1, 0.15) is 5.82 Å². The number of nitrogens with two attached hydrogens (primary N) is 1. The standard InChI is InChI=1S/C16H21BrFNO/c17-14-4-3-12(18)9-13(14)15(19)11-5-8-20-16(10-11)6-1-2-7-16/h3-4,9,11,15H,1-2,5-8,10,19H2. The zero-order chi connectivity index (χ0) is 14.2. The quantitative estimate of drug-likeness (QED) is 0.868. The minimum absolute atomic E-state index is 0.0559. The number of benzene rings is 1. The fraction of sp³-hybridized carbons (Fsp3) is 0.625. The second-order valence-corrected chi connectivity index (χ2v) is 7.04. The highest BCUT2D eigenvalue weighted by molar-refractivity contribution is 9.10. The lowest BCUT2D eigenvalue weighted by Crippen LogP contribution is -2.40. The Hall–Kier alpha value is -0.450. The molecule has 1 aromatic carbocycles. The Morgan fingerprint density at radius 3 is 2.85 bits per heavy atom. The average Bonchev–Trinajstić information content (AvgIpc) is 2.88. The minimum Gasteiger partial charge on any atom is -0.375 e. The van der Waals surface area contributed by atoms with Crippen LogP contribution in [0.1, 0.15) is 50.1 Å². The van der Waals surface area contributed by atoms with Gasteiger partial charge in [-0.15, -0.1) is 0 Å². The summed E-state index contributed by atoms with van der Waals surface area (Å²) in [6, 6.07) is 4.64. The van der Waals surface area contributed by atoms with Crippen LogP contribution in [0.15, 0.2) is 22.7 Å². The van der Waals surface area contributed by atoms with Crippen LogP contribution in [0.2, 0.25) is 0 Å². The van der Waals surface area contributed by atoms with Crippen molar-refractivity contribution in [3.8, 4) is 0 Å². The van der Waals surface area contributed by atoms with Gasteiger partial charge in [-0.3, -0.25) is 0 Å². The van der Waals surface area contributed by atoms with E-state index >= 15 is 0 Å². The van der Waals surface area contributed by atoms with Gasteiger partial charge in [-0.2, -0.15) is 0 Å². The molecule has 1 aliphatic heterocycles. The zero-order valence-electron chi connectivity index (χ0n) is 11.6. The summed E-state index contributed by atoms with van der Waals surface area (Å²) in [5.41, 5.74) is 7.37. The van der Waals surface area contributed by atoms with Crippen LogP contribution in [-0.4, -0.2) is 12.2 Å². The van der Waals surface area contributed by atoms with E-state index in [0.717, 1.165) is 42.3 Å². The summed E-state index contributed by atoms with van der Waals surface area (Å²) in [7, 11) is 0. The molecule has 0 bridgehead atoms. The van der Waals surface area contributed by atoms with Crippen LogP contribution in [0.5, 0.6) is 0 Å². The van der Waals surface area contributed by atoms with Gasteiger partial charge in [-0.25, -0.2) is 4.39 Å². The molecule has 1 aromatic rings. The minimum atomic E-state index is -0.221. The van der Waals surface area contributed by atoms with Crippen LogP contribution < -0.4 is 5.73 Å². The summed E-state index contributed by atoms with van der Waals surface area (Å²) in [6.07, 6.45) is 6.79. The number of rotatable bonds is 2. The molecular formula is C16H21BrFNO. The molecule has 1 aliphatic carbocycles. The van der Waals surface area contributed by atoms with Crippen molar-refractivity contribution in [2.45, 2.75) is 50.2 Å². The Morgan fingerprint density at radius 2 is 2.10 bits per heavy atom. The van der Waals surface area contributed by atoms with E-state index in [2.05, 4.69) is 15.9 Å². The normalized spacial score (nSPS) is 26.9. The first-order chi connectivity index (χ1) is 9.60. The van der Waals surface area contributed by atoms with Crippen LogP contribution in [0.3, 0.4) is 0 Å². The monoisotopic (exact) mass is 341 g/mol. The largest absolute Gasteiger partial charge is 0.375 e. The molecule has 0 amide bonds. The molecule has 1 saturated carbocycles. The number of ether oxygens (including phenoxy) is 1. The summed E-state index contributed by atoms with van der Waals surface area (Å²) in [6.45, 7) is 0.783. The van der Waals surface area contributed by atoms with Gasteiger partial charge < -0.3 is 10.5 Å². The Kier molecular flexibility index (Phi) is 4.16. The molecule has 2 nitrogen and oxygen atoms in total. The second kappa shape index (κ2) is 5.74. The van der Waals surface area contributed by atoms with Crippen molar-refractivity contribution < 1.29 is 9.13 Å². The molecule has 20 heavy (non-hydrogen) atoms. The van der Waals surface area contributed by atoms with Gasteiger partial charge in [-0.05, 0) is 55.4 Å². The van der Waals surface area contributed by atoms with E-state index in [1.807, 2.05) is 0 Å². The van der Waals surface area contributed by atoms with Crippen LogP contribution in [-0.2, 0) is 4.74 Å². The summed E-state index contributed by atoms with van der Waals surface area (Å²) in [5, 5.41) is 0. The third kappa shape index (κ3) is 2.78. The van der Waals surface area contributed by atoms with Crippen molar-refractivity contribution in [3.63, 3.8) is 0 Å². The fourth-order valence-electron chi connectivity index (χ4n) is 3.76. The second-order valence-electron chi connectivity index (χ2n) is 6.18. The fourth-order valence-corrected chi connectivity index (χ4v) is 4.27. The van der Waals surface area contributed by atoms with Gasteiger partial charge in [0.25, 0.3) is 0 Å². The molecule has 1 heterocycles. The predicted octanol–water partition coefficient (Wildman–Crippen LogP) is 4.33. The molecule has 1 saturated heterocycles. The molecule has 110 valence electrons. The summed E-state index contributed by atoms with van der Waals surface area (Å²) >= 11 is 3.49. The van der Waals surface area contributed by atoms with Crippen LogP contribution in [0, 0.1) is 11.7 Å². The first-order valence-corrected chi connectivity index (χ1v) is 8.23. The van der Waals surface area contributed by atoms with E-state index < -0.39 is 0 Å². The molecule has 0 aromatic heterocycles. The molecule has 1 spiro atoms. The first-order valence-electron chi connectivity index (χ1n) is 7.44. The molecule has 2 unspecified atom stereocenters. The maximum atomic E-state index is 13.5. The van der Waals surface area contributed by atoms with Crippen LogP contribution >= 0.6 is 15.9 Å². The van der Waals surface area contributed by atoms with E-state index in [1.54, 1.807) is 12.1 Å². The highest BCUT2D eigenvalue weighted by Gasteiger charge is 2.41. The lowest BCUT2D eigenvalue weighted by atomic mass is 9.79. The van der Waals surface area contributed by atoms with Gasteiger partial charge in [0, 0.05) is 17.1 Å². The Morgan fingerprint density at radius 1 is 1.35 bits per heavy atom. The summed E-state index contributed by atoms with van der Waals surface area (Å²) in [4.78, 5) is 0. The van der Waals surface area contributed by atoms with Crippen molar-refractivity contribution in [2.24, 2.45) is 11.7 Å². The number of hydrogen-bond donors (Lipinski definition) is 1. The molecule has 0 radical (unpaired) electrons. The van der Waals surface area contributed by atoms with E-state index in [0.29, 0.717) is 5.92 Å². The van der Waals surface area contributed by atoms with Crippen molar-refractivity contribution in [1.29, 1.82) is 0 Å². The number of halogens is 2. The highest BCUT2D eigenvalue weighted by Crippen LogP contribution is 2.45. The van der Waals surface area contributed by atoms with Crippen LogP contribution in [0.4, 0.5) is 4.39 Å². The summed E-state index contributed by atoms with van der Waals surface area (Å²) < 4.78 is 20.4. The van der Waals surface area contributed by atoms with E-state index in [4.69, 9.17) is 10.5 Å². The van der Waals surface area contributed by atoms with Crippen molar-refractivity contribution in [2.75, 3.05) is 6.61 Å². The maximum Gasteiger partial charge on any atom is 0.123 e. The van der Waals surface area contributed by atoms with Gasteiger partial charge in [0.15, 0.2) is 0 Å². The topological polar surface area (TPSA) is 35.2 Å². The van der Waals surface area contributed by atoms with Crippen molar-refractivity contribution >= 4 is 15.9 Å².